The molecule has 4 heteroatoms. The first kappa shape index (κ1) is 13.2. The van der Waals surface area contributed by atoms with Gasteiger partial charge in [-0.05, 0) is 29.5 Å². The second kappa shape index (κ2) is 4.63. The SMILES string of the molecule is CC(C)(C)Cc1ccc2cc3c(nc2c1)NC(O)CO3. The maximum atomic E-state index is 9.56. The number of aliphatic hydroxyl groups excluding tert-OH is 1. The van der Waals surface area contributed by atoms with Gasteiger partial charge in [-0.2, -0.15) is 0 Å². The second-order valence-corrected chi connectivity index (χ2v) is 6.57. The van der Waals surface area contributed by atoms with Gasteiger partial charge in [-0.25, -0.2) is 4.98 Å². The standard InChI is InChI=1S/C16H20N2O2/c1-16(2,3)8-10-4-5-11-7-13-15(17-12(11)6-10)18-14(19)9-20-13/h4-7,14,19H,8-9H2,1-3H3,(H,17,18). The largest absolute Gasteiger partial charge is 0.485 e. The van der Waals surface area contributed by atoms with Gasteiger partial charge in [0.15, 0.2) is 17.8 Å². The molecule has 1 aliphatic heterocycles. The van der Waals surface area contributed by atoms with Crippen molar-refractivity contribution in [3.8, 4) is 5.75 Å². The third-order valence-electron chi connectivity index (χ3n) is 3.28. The molecule has 2 N–H and O–H groups in total. The molecular formula is C16H20N2O2. The maximum Gasteiger partial charge on any atom is 0.171 e. The minimum Gasteiger partial charge on any atom is -0.485 e. The van der Waals surface area contributed by atoms with Gasteiger partial charge < -0.3 is 15.2 Å². The van der Waals surface area contributed by atoms with E-state index in [0.717, 1.165) is 17.3 Å². The summed E-state index contributed by atoms with van der Waals surface area (Å²) < 4.78 is 5.48. The molecule has 4 nitrogen and oxygen atoms in total. The highest BCUT2D eigenvalue weighted by atomic mass is 16.5. The van der Waals surface area contributed by atoms with E-state index in [1.165, 1.54) is 5.56 Å². The Bertz CT molecular complexity index is 647. The predicted molar refractivity (Wildman–Crippen MR) is 80.0 cm³/mol. The van der Waals surface area contributed by atoms with E-state index in [4.69, 9.17) is 4.74 Å². The molecule has 0 fully saturated rings. The number of nitrogens with zero attached hydrogens (tertiary/aromatic N) is 1. The van der Waals surface area contributed by atoms with Crippen LogP contribution in [0.4, 0.5) is 5.82 Å². The van der Waals surface area contributed by atoms with Crippen LogP contribution in [0.1, 0.15) is 26.3 Å². The van der Waals surface area contributed by atoms with Crippen molar-refractivity contribution in [2.24, 2.45) is 5.41 Å². The molecular weight excluding hydrogens is 252 g/mol. The van der Waals surface area contributed by atoms with Crippen molar-refractivity contribution in [1.29, 1.82) is 0 Å². The van der Waals surface area contributed by atoms with Gasteiger partial charge >= 0.3 is 0 Å². The van der Waals surface area contributed by atoms with Crippen LogP contribution in [0.5, 0.6) is 5.75 Å². The molecule has 1 aliphatic rings. The molecule has 20 heavy (non-hydrogen) atoms. The van der Waals surface area contributed by atoms with E-state index >= 15 is 0 Å². The summed E-state index contributed by atoms with van der Waals surface area (Å²) in [5.41, 5.74) is 2.45. The molecule has 1 unspecified atom stereocenters. The fraction of sp³-hybridized carbons (Fsp3) is 0.438. The summed E-state index contributed by atoms with van der Waals surface area (Å²) in [6, 6.07) is 8.31. The fourth-order valence-electron chi connectivity index (χ4n) is 2.50. The number of rotatable bonds is 1. The highest BCUT2D eigenvalue weighted by molar-refractivity contribution is 5.84. The monoisotopic (exact) mass is 272 g/mol. The molecule has 1 aromatic carbocycles. The quantitative estimate of drug-likeness (QED) is 0.838. The minimum absolute atomic E-state index is 0.249. The van der Waals surface area contributed by atoms with Gasteiger partial charge in [-0.3, -0.25) is 0 Å². The fourth-order valence-corrected chi connectivity index (χ4v) is 2.50. The van der Waals surface area contributed by atoms with Crippen LogP contribution in [0.2, 0.25) is 0 Å². The Labute approximate surface area is 118 Å². The first-order chi connectivity index (χ1) is 9.40. The summed E-state index contributed by atoms with van der Waals surface area (Å²) in [5.74, 6) is 1.32. The van der Waals surface area contributed by atoms with Crippen LogP contribution >= 0.6 is 0 Å². The summed E-state index contributed by atoms with van der Waals surface area (Å²) in [6.45, 7) is 6.93. The van der Waals surface area contributed by atoms with Crippen LogP contribution in [0.3, 0.4) is 0 Å². The summed E-state index contributed by atoms with van der Waals surface area (Å²) in [4.78, 5) is 4.56. The van der Waals surface area contributed by atoms with E-state index in [9.17, 15) is 5.11 Å². The van der Waals surface area contributed by atoms with Crippen molar-refractivity contribution < 1.29 is 9.84 Å². The Morgan fingerprint density at radius 1 is 1.35 bits per heavy atom. The van der Waals surface area contributed by atoms with Crippen LogP contribution in [0.25, 0.3) is 10.9 Å². The van der Waals surface area contributed by atoms with E-state index in [2.05, 4.69) is 49.3 Å². The van der Waals surface area contributed by atoms with Gasteiger partial charge in [0.1, 0.15) is 6.61 Å². The lowest BCUT2D eigenvalue weighted by atomic mass is 9.88. The summed E-state index contributed by atoms with van der Waals surface area (Å²) in [6.07, 6.45) is 0.319. The zero-order valence-corrected chi connectivity index (χ0v) is 12.1. The van der Waals surface area contributed by atoms with Crippen LogP contribution in [-0.2, 0) is 6.42 Å². The maximum absolute atomic E-state index is 9.56. The molecule has 0 amide bonds. The van der Waals surface area contributed by atoms with Gasteiger partial charge in [0.2, 0.25) is 0 Å². The van der Waals surface area contributed by atoms with Crippen molar-refractivity contribution in [3.63, 3.8) is 0 Å². The number of pyridine rings is 1. The van der Waals surface area contributed by atoms with Crippen LogP contribution < -0.4 is 10.1 Å². The van der Waals surface area contributed by atoms with Gasteiger partial charge in [0.25, 0.3) is 0 Å². The third-order valence-corrected chi connectivity index (χ3v) is 3.28. The number of aromatic nitrogens is 1. The number of hydrogen-bond donors (Lipinski definition) is 2. The highest BCUT2D eigenvalue weighted by Crippen LogP contribution is 2.31. The molecule has 1 aromatic heterocycles. The van der Waals surface area contributed by atoms with Crippen molar-refractivity contribution in [2.75, 3.05) is 11.9 Å². The summed E-state index contributed by atoms with van der Waals surface area (Å²) in [5, 5.41) is 13.6. The molecule has 0 bridgehead atoms. The number of hydrogen-bond acceptors (Lipinski definition) is 4. The average molecular weight is 272 g/mol. The summed E-state index contributed by atoms with van der Waals surface area (Å²) in [7, 11) is 0. The van der Waals surface area contributed by atoms with Gasteiger partial charge in [-0.1, -0.05) is 32.9 Å². The first-order valence-corrected chi connectivity index (χ1v) is 6.92. The van der Waals surface area contributed by atoms with E-state index in [0.29, 0.717) is 11.6 Å². The number of aliphatic hydroxyl groups is 1. The van der Waals surface area contributed by atoms with E-state index in [-0.39, 0.29) is 12.0 Å². The molecule has 1 atom stereocenters. The van der Waals surface area contributed by atoms with Gasteiger partial charge in [0.05, 0.1) is 5.52 Å². The Hall–Kier alpha value is -1.81. The van der Waals surface area contributed by atoms with E-state index < -0.39 is 6.23 Å². The zero-order chi connectivity index (χ0) is 14.3. The predicted octanol–water partition coefficient (Wildman–Crippen LogP) is 2.95. The summed E-state index contributed by atoms with van der Waals surface area (Å²) >= 11 is 0. The van der Waals surface area contributed by atoms with Gasteiger partial charge in [0, 0.05) is 5.39 Å². The second-order valence-electron chi connectivity index (χ2n) is 6.57. The number of anilines is 1. The molecule has 106 valence electrons. The average Bonchev–Trinajstić information content (AvgIpc) is 2.34. The number of benzene rings is 1. The van der Waals surface area contributed by atoms with Crippen molar-refractivity contribution >= 4 is 16.7 Å². The minimum atomic E-state index is -0.690. The number of nitrogens with one attached hydrogen (secondary N) is 1. The van der Waals surface area contributed by atoms with Crippen LogP contribution in [0.15, 0.2) is 24.3 Å². The molecule has 0 radical (unpaired) electrons. The Balaban J connectivity index is 2.01. The molecule has 0 saturated heterocycles. The lowest BCUT2D eigenvalue weighted by Gasteiger charge is -2.23. The Kier molecular flexibility index (Phi) is 3.05. The van der Waals surface area contributed by atoms with E-state index in [1.54, 1.807) is 0 Å². The van der Waals surface area contributed by atoms with Crippen molar-refractivity contribution in [2.45, 2.75) is 33.4 Å². The number of ether oxygens (including phenoxy) is 1. The highest BCUT2D eigenvalue weighted by Gasteiger charge is 2.19. The lowest BCUT2D eigenvalue weighted by Crippen LogP contribution is -2.31. The van der Waals surface area contributed by atoms with Crippen molar-refractivity contribution in [1.82, 2.24) is 4.98 Å². The van der Waals surface area contributed by atoms with Crippen molar-refractivity contribution in [3.05, 3.63) is 29.8 Å². The smallest absolute Gasteiger partial charge is 0.171 e. The normalized spacial score (nSPS) is 18.3. The van der Waals surface area contributed by atoms with Crippen LogP contribution in [-0.4, -0.2) is 22.9 Å². The first-order valence-electron chi connectivity index (χ1n) is 6.92. The molecule has 2 heterocycles. The topological polar surface area (TPSA) is 54.4 Å². The molecule has 3 rings (SSSR count). The van der Waals surface area contributed by atoms with Crippen LogP contribution in [0, 0.1) is 5.41 Å². The Morgan fingerprint density at radius 3 is 2.90 bits per heavy atom. The molecule has 0 aliphatic carbocycles. The number of fused-ring (bicyclic) bond motifs is 2. The zero-order valence-electron chi connectivity index (χ0n) is 12.1. The molecule has 2 aromatic rings. The Morgan fingerprint density at radius 2 is 2.15 bits per heavy atom. The molecule has 0 spiro atoms. The van der Waals surface area contributed by atoms with Gasteiger partial charge in [-0.15, -0.1) is 0 Å². The lowest BCUT2D eigenvalue weighted by molar-refractivity contribution is 0.119. The molecule has 0 saturated carbocycles. The van der Waals surface area contributed by atoms with E-state index in [1.807, 2.05) is 6.07 Å². The third kappa shape index (κ3) is 2.70.